The minimum atomic E-state index is 0.247. The largest absolute Gasteiger partial charge is 0.537 e. The van der Waals surface area contributed by atoms with Crippen molar-refractivity contribution < 1.29 is 4.48 Å². The van der Waals surface area contributed by atoms with Crippen LogP contribution in [0, 0.1) is 0 Å². The lowest BCUT2D eigenvalue weighted by Crippen LogP contribution is -2.71. The van der Waals surface area contributed by atoms with Crippen LogP contribution in [-0.2, 0) is 6.54 Å². The van der Waals surface area contributed by atoms with Gasteiger partial charge in [-0.3, -0.25) is 4.48 Å². The average molecular weight is 436 g/mol. The Kier molecular flexibility index (Phi) is 4.70. The van der Waals surface area contributed by atoms with Crippen LogP contribution in [0.1, 0.15) is 92.7 Å². The second-order valence-corrected chi connectivity index (χ2v) is 11.0. The van der Waals surface area contributed by atoms with E-state index in [9.17, 15) is 0 Å². The minimum Gasteiger partial charge on any atom is -0.372 e. The normalized spacial score (nSPS) is 20.4. The van der Waals surface area contributed by atoms with E-state index in [0.717, 1.165) is 18.4 Å². The summed E-state index contributed by atoms with van der Waals surface area (Å²) in [6.45, 7) is 1.25. The van der Waals surface area contributed by atoms with Gasteiger partial charge in [-0.05, 0) is 61.8 Å². The number of rotatable bonds is 3. The highest BCUT2D eigenvalue weighted by Gasteiger charge is 2.48. The summed E-state index contributed by atoms with van der Waals surface area (Å²) in [5.74, 6) is 2.85. The molecule has 3 nitrogen and oxygen atoms in total. The fourth-order valence-electron chi connectivity index (χ4n) is 7.58. The summed E-state index contributed by atoms with van der Waals surface area (Å²) >= 11 is 0. The van der Waals surface area contributed by atoms with Gasteiger partial charge in [0.15, 0.2) is 0 Å². The van der Waals surface area contributed by atoms with E-state index >= 15 is 0 Å². The van der Waals surface area contributed by atoms with Crippen molar-refractivity contribution in [2.24, 2.45) is 0 Å². The molecule has 2 fully saturated rings. The second-order valence-electron chi connectivity index (χ2n) is 11.0. The van der Waals surface area contributed by atoms with Crippen molar-refractivity contribution in [3.05, 3.63) is 65.5 Å². The van der Waals surface area contributed by atoms with Gasteiger partial charge in [-0.25, -0.2) is 4.57 Å². The Balaban J connectivity index is 1.45. The van der Waals surface area contributed by atoms with Gasteiger partial charge in [0.1, 0.15) is 18.9 Å². The summed E-state index contributed by atoms with van der Waals surface area (Å²) in [6, 6.07) is 14.3. The number of imidazole rings is 1. The molecule has 2 aliphatic heterocycles. The van der Waals surface area contributed by atoms with Crippen molar-refractivity contribution in [3.8, 4) is 11.4 Å². The second kappa shape index (κ2) is 7.79. The SMILES string of the molecule is CN1B(c2c(C3CCCCC3)cccc2C2CCCCC2)[n+]2ccn3c2-c2c(cccc21)C3. The molecule has 3 heterocycles. The summed E-state index contributed by atoms with van der Waals surface area (Å²) in [4.78, 5) is 2.59. The number of nitrogens with zero attached hydrogens (tertiary/aromatic N) is 3. The first kappa shape index (κ1) is 19.9. The van der Waals surface area contributed by atoms with Crippen LogP contribution in [0.5, 0.6) is 0 Å². The Bertz CT molecular complexity index is 1160. The van der Waals surface area contributed by atoms with E-state index in [1.807, 2.05) is 0 Å². The number of hydrogen-bond donors (Lipinski definition) is 0. The zero-order valence-electron chi connectivity index (χ0n) is 20.0. The first-order chi connectivity index (χ1) is 16.3. The standard InChI is InChI=1S/C29H35BN3/c1-31-26-17-8-14-23-20-32-18-19-33(29(32)27(23)26)30(31)28-24(21-10-4-2-5-11-21)15-9-16-25(28)22-12-6-3-7-13-22/h8-9,14-19,21-22H,2-7,10-13,20H2,1H3/q+1. The fourth-order valence-corrected chi connectivity index (χ4v) is 7.58. The average Bonchev–Trinajstić information content (AvgIpc) is 3.45. The monoisotopic (exact) mass is 436 g/mol. The van der Waals surface area contributed by atoms with Crippen molar-refractivity contribution in [2.45, 2.75) is 82.6 Å². The molecule has 0 amide bonds. The summed E-state index contributed by atoms with van der Waals surface area (Å²) in [6.07, 6.45) is 18.5. The van der Waals surface area contributed by atoms with Gasteiger partial charge in [-0.2, -0.15) is 0 Å². The van der Waals surface area contributed by atoms with E-state index in [4.69, 9.17) is 0 Å². The van der Waals surface area contributed by atoms with Crippen LogP contribution in [0.3, 0.4) is 0 Å². The molecule has 1 aromatic heterocycles. The van der Waals surface area contributed by atoms with Crippen molar-refractivity contribution in [2.75, 3.05) is 11.9 Å². The van der Waals surface area contributed by atoms with Crippen molar-refractivity contribution in [1.82, 2.24) is 4.57 Å². The van der Waals surface area contributed by atoms with Gasteiger partial charge < -0.3 is 4.81 Å². The van der Waals surface area contributed by atoms with Crippen LogP contribution in [0.25, 0.3) is 11.4 Å². The van der Waals surface area contributed by atoms with Gasteiger partial charge in [0.2, 0.25) is 0 Å². The van der Waals surface area contributed by atoms with Crippen LogP contribution >= 0.6 is 0 Å². The van der Waals surface area contributed by atoms with Gasteiger partial charge in [-0.15, -0.1) is 0 Å². The smallest absolute Gasteiger partial charge is 0.372 e. The molecule has 7 rings (SSSR count). The first-order valence-corrected chi connectivity index (χ1v) is 13.4. The van der Waals surface area contributed by atoms with Crippen molar-refractivity contribution in [1.29, 1.82) is 0 Å². The Morgan fingerprint density at radius 1 is 0.818 bits per heavy atom. The van der Waals surface area contributed by atoms with Crippen molar-refractivity contribution in [3.63, 3.8) is 0 Å². The molecule has 4 heteroatoms. The van der Waals surface area contributed by atoms with E-state index in [1.165, 1.54) is 86.8 Å². The molecule has 2 aromatic carbocycles. The predicted molar refractivity (Wildman–Crippen MR) is 136 cm³/mol. The lowest BCUT2D eigenvalue weighted by molar-refractivity contribution is -0.523. The van der Waals surface area contributed by atoms with E-state index in [0.29, 0.717) is 0 Å². The maximum absolute atomic E-state index is 2.60. The van der Waals surface area contributed by atoms with E-state index in [1.54, 1.807) is 16.6 Å². The number of benzene rings is 2. The zero-order chi connectivity index (χ0) is 21.9. The molecule has 33 heavy (non-hydrogen) atoms. The van der Waals surface area contributed by atoms with Crippen LogP contribution in [0.15, 0.2) is 48.8 Å². The first-order valence-electron chi connectivity index (χ1n) is 13.4. The topological polar surface area (TPSA) is 12.1 Å². The number of aromatic nitrogens is 2. The van der Waals surface area contributed by atoms with Crippen LogP contribution in [0.2, 0.25) is 0 Å². The van der Waals surface area contributed by atoms with Crippen LogP contribution < -0.4 is 14.8 Å². The maximum atomic E-state index is 2.60. The van der Waals surface area contributed by atoms with Gasteiger partial charge in [0, 0.05) is 16.7 Å². The third-order valence-electron chi connectivity index (χ3n) is 9.15. The highest BCUT2D eigenvalue weighted by molar-refractivity contribution is 6.70. The number of hydrogen-bond acceptors (Lipinski definition) is 1. The molecule has 0 bridgehead atoms. The fraction of sp³-hybridized carbons (Fsp3) is 0.483. The maximum Gasteiger partial charge on any atom is 0.537 e. The van der Waals surface area contributed by atoms with Crippen LogP contribution in [-0.4, -0.2) is 18.6 Å². The molecule has 2 saturated carbocycles. The third-order valence-corrected chi connectivity index (χ3v) is 9.15. The van der Waals surface area contributed by atoms with Crippen molar-refractivity contribution >= 4 is 18.1 Å². The molecule has 0 radical (unpaired) electrons. The van der Waals surface area contributed by atoms with E-state index < -0.39 is 0 Å². The van der Waals surface area contributed by atoms with Gasteiger partial charge in [-0.1, -0.05) is 68.9 Å². The quantitative estimate of drug-likeness (QED) is 0.381. The molecular weight excluding hydrogens is 401 g/mol. The third kappa shape index (κ3) is 2.99. The molecule has 0 unspecified atom stereocenters. The predicted octanol–water partition coefficient (Wildman–Crippen LogP) is 5.59. The van der Waals surface area contributed by atoms with E-state index in [-0.39, 0.29) is 6.98 Å². The summed E-state index contributed by atoms with van der Waals surface area (Å²) < 4.78 is 5.07. The minimum absolute atomic E-state index is 0.247. The molecule has 0 atom stereocenters. The molecule has 3 aromatic rings. The van der Waals surface area contributed by atoms with Crippen LogP contribution in [0.4, 0.5) is 5.69 Å². The summed E-state index contributed by atoms with van der Waals surface area (Å²) in [5, 5.41) is 0. The molecule has 2 aliphatic carbocycles. The lowest BCUT2D eigenvalue weighted by atomic mass is 9.56. The van der Waals surface area contributed by atoms with Gasteiger partial charge in [0.25, 0.3) is 5.82 Å². The number of anilines is 1. The molecule has 168 valence electrons. The molecule has 0 saturated heterocycles. The summed E-state index contributed by atoms with van der Waals surface area (Å²) in [5.41, 5.74) is 9.27. The molecule has 4 aliphatic rings. The van der Waals surface area contributed by atoms with Gasteiger partial charge in [0.05, 0.1) is 5.56 Å². The highest BCUT2D eigenvalue weighted by Crippen LogP contribution is 2.42. The zero-order valence-corrected chi connectivity index (χ0v) is 20.0. The Morgan fingerprint density at radius 3 is 2.12 bits per heavy atom. The highest BCUT2D eigenvalue weighted by atomic mass is 15.2. The Hall–Kier alpha value is -2.49. The summed E-state index contributed by atoms with van der Waals surface area (Å²) in [7, 11) is 2.34. The van der Waals surface area contributed by atoms with Gasteiger partial charge >= 0.3 is 6.98 Å². The Morgan fingerprint density at radius 2 is 1.45 bits per heavy atom. The lowest BCUT2D eigenvalue weighted by Gasteiger charge is -2.35. The Labute approximate surface area is 198 Å². The van der Waals surface area contributed by atoms with E-state index in [2.05, 4.69) is 69.7 Å². The molecular formula is C29H35BN3+. The molecule has 0 spiro atoms. The molecule has 0 N–H and O–H groups in total.